The first-order valence-electron chi connectivity index (χ1n) is 7.46. The second-order valence-electron chi connectivity index (χ2n) is 5.28. The first-order valence-corrected chi connectivity index (χ1v) is 8.00. The minimum Gasteiger partial charge on any atom is -0.356 e. The van der Waals surface area contributed by atoms with Gasteiger partial charge in [0.25, 0.3) is 0 Å². The molecule has 0 aliphatic heterocycles. The molecule has 0 rings (SSSR count). The van der Waals surface area contributed by atoms with Crippen LogP contribution in [0.5, 0.6) is 0 Å². The molecule has 0 unspecified atom stereocenters. The van der Waals surface area contributed by atoms with E-state index in [-0.39, 0.29) is 11.3 Å². The van der Waals surface area contributed by atoms with Crippen LogP contribution in [0.2, 0.25) is 0 Å². The molecule has 18 heavy (non-hydrogen) atoms. The largest absolute Gasteiger partial charge is 0.356 e. The van der Waals surface area contributed by atoms with E-state index >= 15 is 0 Å². The van der Waals surface area contributed by atoms with Crippen molar-refractivity contribution in [2.45, 2.75) is 72.1 Å². The summed E-state index contributed by atoms with van der Waals surface area (Å²) in [6.45, 7) is 7.21. The molecule has 1 N–H and O–H groups in total. The average Bonchev–Trinajstić information content (AvgIpc) is 2.41. The maximum atomic E-state index is 11.7. The van der Waals surface area contributed by atoms with Gasteiger partial charge in [-0.05, 0) is 19.3 Å². The highest BCUT2D eigenvalue weighted by atomic mass is 35.5. The Bertz CT molecular complexity index is 206. The zero-order valence-corrected chi connectivity index (χ0v) is 13.1. The molecular weight excluding hydrogens is 246 g/mol. The summed E-state index contributed by atoms with van der Waals surface area (Å²) < 4.78 is 0. The van der Waals surface area contributed by atoms with Crippen LogP contribution in [0.4, 0.5) is 0 Å². The lowest BCUT2D eigenvalue weighted by Crippen LogP contribution is -2.38. The van der Waals surface area contributed by atoms with Gasteiger partial charge in [-0.3, -0.25) is 4.79 Å². The maximum Gasteiger partial charge on any atom is 0.220 e. The molecule has 0 aromatic heterocycles. The average molecular weight is 276 g/mol. The van der Waals surface area contributed by atoms with Crippen LogP contribution in [-0.4, -0.2) is 18.3 Å². The molecule has 0 radical (unpaired) electrons. The second-order valence-corrected chi connectivity index (χ2v) is 5.55. The molecule has 0 aromatic carbocycles. The Kier molecular flexibility index (Phi) is 10.5. The van der Waals surface area contributed by atoms with Crippen LogP contribution in [0.3, 0.4) is 0 Å². The number of unbranched alkanes of at least 4 members (excludes halogenated alkanes) is 4. The van der Waals surface area contributed by atoms with Crippen LogP contribution in [0.25, 0.3) is 0 Å². The summed E-state index contributed by atoms with van der Waals surface area (Å²) in [6.07, 6.45) is 8.66. The first-order chi connectivity index (χ1) is 8.64. The fourth-order valence-electron chi connectivity index (χ4n) is 2.00. The van der Waals surface area contributed by atoms with Crippen LogP contribution in [0.15, 0.2) is 0 Å². The number of carbonyl (C=O) groups excluding carboxylic acids is 1. The van der Waals surface area contributed by atoms with Crippen LogP contribution in [0.1, 0.15) is 72.1 Å². The van der Waals surface area contributed by atoms with Crippen molar-refractivity contribution in [2.24, 2.45) is 5.41 Å². The van der Waals surface area contributed by atoms with Gasteiger partial charge in [0, 0.05) is 24.3 Å². The van der Waals surface area contributed by atoms with E-state index in [1.54, 1.807) is 0 Å². The Morgan fingerprint density at radius 3 is 2.17 bits per heavy atom. The van der Waals surface area contributed by atoms with Crippen LogP contribution < -0.4 is 5.32 Å². The fourth-order valence-corrected chi connectivity index (χ4v) is 2.47. The van der Waals surface area contributed by atoms with Gasteiger partial charge < -0.3 is 5.32 Å². The lowest BCUT2D eigenvalue weighted by Gasteiger charge is -2.29. The SMILES string of the molecule is CCCCCCCC(=O)NCC(CC)(CC)CCl. The molecule has 0 saturated heterocycles. The highest BCUT2D eigenvalue weighted by molar-refractivity contribution is 6.18. The third kappa shape index (κ3) is 7.25. The highest BCUT2D eigenvalue weighted by Gasteiger charge is 2.25. The van der Waals surface area contributed by atoms with Gasteiger partial charge in [-0.2, -0.15) is 0 Å². The lowest BCUT2D eigenvalue weighted by molar-refractivity contribution is -0.121. The molecule has 0 atom stereocenters. The van der Waals surface area contributed by atoms with Crippen molar-refractivity contribution >= 4 is 17.5 Å². The van der Waals surface area contributed by atoms with Crippen LogP contribution in [-0.2, 0) is 4.79 Å². The number of rotatable bonds is 11. The number of hydrogen-bond donors (Lipinski definition) is 1. The van der Waals surface area contributed by atoms with E-state index in [1.165, 1.54) is 25.7 Å². The van der Waals surface area contributed by atoms with E-state index < -0.39 is 0 Å². The van der Waals surface area contributed by atoms with Gasteiger partial charge in [-0.15, -0.1) is 11.6 Å². The summed E-state index contributed by atoms with van der Waals surface area (Å²) in [5.74, 6) is 0.805. The predicted octanol–water partition coefficient (Wildman–Crippen LogP) is 4.51. The number of nitrogens with one attached hydrogen (secondary N) is 1. The number of amides is 1. The van der Waals surface area contributed by atoms with Gasteiger partial charge in [0.15, 0.2) is 0 Å². The molecular formula is C15H30ClNO. The molecule has 0 spiro atoms. The molecule has 0 aliphatic carbocycles. The number of hydrogen-bond acceptors (Lipinski definition) is 1. The Hall–Kier alpha value is -0.240. The van der Waals surface area contributed by atoms with Gasteiger partial charge in [0.2, 0.25) is 5.91 Å². The molecule has 3 heteroatoms. The molecule has 2 nitrogen and oxygen atoms in total. The van der Waals surface area contributed by atoms with Crippen molar-refractivity contribution < 1.29 is 4.79 Å². The fraction of sp³-hybridized carbons (Fsp3) is 0.933. The molecule has 1 amide bonds. The van der Waals surface area contributed by atoms with E-state index in [2.05, 4.69) is 26.1 Å². The Morgan fingerprint density at radius 2 is 1.67 bits per heavy atom. The van der Waals surface area contributed by atoms with Gasteiger partial charge in [0.05, 0.1) is 0 Å². The molecule has 108 valence electrons. The third-order valence-electron chi connectivity index (χ3n) is 3.95. The predicted molar refractivity (Wildman–Crippen MR) is 80.1 cm³/mol. The summed E-state index contributed by atoms with van der Waals surface area (Å²) in [5.41, 5.74) is 0.0828. The Balaban J connectivity index is 3.74. The van der Waals surface area contributed by atoms with Crippen LogP contribution in [0, 0.1) is 5.41 Å². The van der Waals surface area contributed by atoms with E-state index in [0.29, 0.717) is 12.3 Å². The maximum absolute atomic E-state index is 11.7. The third-order valence-corrected chi connectivity index (χ3v) is 4.52. The van der Waals surface area contributed by atoms with Gasteiger partial charge in [-0.1, -0.05) is 46.5 Å². The van der Waals surface area contributed by atoms with Gasteiger partial charge >= 0.3 is 0 Å². The smallest absolute Gasteiger partial charge is 0.220 e. The number of carbonyl (C=O) groups is 1. The van der Waals surface area contributed by atoms with Crippen molar-refractivity contribution in [1.82, 2.24) is 5.32 Å². The van der Waals surface area contributed by atoms with E-state index in [9.17, 15) is 4.79 Å². The summed E-state index contributed by atoms with van der Waals surface area (Å²) in [5, 5.41) is 3.04. The first kappa shape index (κ1) is 17.8. The second kappa shape index (κ2) is 10.7. The molecule has 0 aliphatic rings. The summed E-state index contributed by atoms with van der Waals surface area (Å²) >= 11 is 6.02. The van der Waals surface area contributed by atoms with E-state index in [4.69, 9.17) is 11.6 Å². The number of alkyl halides is 1. The molecule has 0 heterocycles. The van der Waals surface area contributed by atoms with Crippen LogP contribution >= 0.6 is 11.6 Å². The van der Waals surface area contributed by atoms with Gasteiger partial charge in [0.1, 0.15) is 0 Å². The number of halogens is 1. The lowest BCUT2D eigenvalue weighted by atomic mass is 9.84. The zero-order valence-electron chi connectivity index (χ0n) is 12.4. The van der Waals surface area contributed by atoms with Crippen molar-refractivity contribution in [3.05, 3.63) is 0 Å². The minimum atomic E-state index is 0.0828. The summed E-state index contributed by atoms with van der Waals surface area (Å²) in [6, 6.07) is 0. The zero-order chi connectivity index (χ0) is 13.9. The van der Waals surface area contributed by atoms with Crippen molar-refractivity contribution in [1.29, 1.82) is 0 Å². The molecule has 0 saturated carbocycles. The topological polar surface area (TPSA) is 29.1 Å². The summed E-state index contributed by atoms with van der Waals surface area (Å²) in [4.78, 5) is 11.7. The van der Waals surface area contributed by atoms with E-state index in [0.717, 1.165) is 25.8 Å². The molecule has 0 bridgehead atoms. The summed E-state index contributed by atoms with van der Waals surface area (Å²) in [7, 11) is 0. The Morgan fingerprint density at radius 1 is 1.06 bits per heavy atom. The quantitative estimate of drug-likeness (QED) is 0.436. The van der Waals surface area contributed by atoms with Crippen molar-refractivity contribution in [2.75, 3.05) is 12.4 Å². The Labute approximate surface area is 118 Å². The van der Waals surface area contributed by atoms with Gasteiger partial charge in [-0.25, -0.2) is 0 Å². The molecule has 0 aromatic rings. The molecule has 0 fully saturated rings. The van der Waals surface area contributed by atoms with Crippen molar-refractivity contribution in [3.8, 4) is 0 Å². The normalized spacial score (nSPS) is 11.6. The monoisotopic (exact) mass is 275 g/mol. The van der Waals surface area contributed by atoms with Crippen molar-refractivity contribution in [3.63, 3.8) is 0 Å². The minimum absolute atomic E-state index is 0.0828. The van der Waals surface area contributed by atoms with E-state index in [1.807, 2.05) is 0 Å². The highest BCUT2D eigenvalue weighted by Crippen LogP contribution is 2.26. The standard InChI is InChI=1S/C15H30ClNO/c1-4-7-8-9-10-11-14(18)17-13-15(5-2,6-3)12-16/h4-13H2,1-3H3,(H,17,18).